The van der Waals surface area contributed by atoms with Gasteiger partial charge in [-0.15, -0.1) is 0 Å². The Balaban J connectivity index is 1.80. The van der Waals surface area contributed by atoms with E-state index >= 15 is 0 Å². The summed E-state index contributed by atoms with van der Waals surface area (Å²) in [5.41, 5.74) is 6.41. The van der Waals surface area contributed by atoms with Crippen LogP contribution in [-0.2, 0) is 6.42 Å². The minimum Gasteiger partial charge on any atom is -0.366 e. The molecule has 1 aliphatic heterocycles. The first kappa shape index (κ1) is 18.7. The maximum Gasteiger partial charge on any atom is 0.261 e. The van der Waals surface area contributed by atoms with E-state index in [1.54, 1.807) is 30.3 Å². The van der Waals surface area contributed by atoms with Gasteiger partial charge in [0, 0.05) is 12.6 Å². The van der Waals surface area contributed by atoms with Gasteiger partial charge in [0.05, 0.1) is 16.7 Å². The molecule has 2 aromatic carbocycles. The minimum absolute atomic E-state index is 0.166. The molecule has 0 bridgehead atoms. The highest BCUT2D eigenvalue weighted by Crippen LogP contribution is 2.24. The van der Waals surface area contributed by atoms with Crippen LogP contribution in [0.5, 0.6) is 0 Å². The molecule has 1 heterocycles. The fourth-order valence-electron chi connectivity index (χ4n) is 3.18. The summed E-state index contributed by atoms with van der Waals surface area (Å²) < 4.78 is 14.0. The first-order chi connectivity index (χ1) is 12.8. The number of primary amides is 1. The van der Waals surface area contributed by atoms with Gasteiger partial charge in [0.25, 0.3) is 17.7 Å². The molecule has 0 fully saturated rings. The zero-order valence-corrected chi connectivity index (χ0v) is 15.1. The topological polar surface area (TPSA) is 83.7 Å². The van der Waals surface area contributed by atoms with Crippen molar-refractivity contribution in [2.75, 3.05) is 20.6 Å². The van der Waals surface area contributed by atoms with Crippen LogP contribution in [0.2, 0.25) is 0 Å². The largest absolute Gasteiger partial charge is 0.366 e. The molecular formula is C20H20FN3O3. The van der Waals surface area contributed by atoms with Gasteiger partial charge in [0.15, 0.2) is 0 Å². The number of amides is 3. The van der Waals surface area contributed by atoms with Gasteiger partial charge in [-0.1, -0.05) is 18.2 Å². The van der Waals surface area contributed by atoms with E-state index in [-0.39, 0.29) is 30.0 Å². The predicted octanol–water partition coefficient (Wildman–Crippen LogP) is 1.69. The van der Waals surface area contributed by atoms with Crippen molar-refractivity contribution in [2.24, 2.45) is 5.73 Å². The number of hydrogen-bond donors (Lipinski definition) is 1. The zero-order chi connectivity index (χ0) is 19.7. The van der Waals surface area contributed by atoms with Crippen LogP contribution in [0.4, 0.5) is 4.39 Å². The molecule has 140 valence electrons. The van der Waals surface area contributed by atoms with Crippen LogP contribution in [0.15, 0.2) is 42.5 Å². The Morgan fingerprint density at radius 1 is 1.11 bits per heavy atom. The number of rotatable bonds is 6. The van der Waals surface area contributed by atoms with E-state index in [4.69, 9.17) is 5.73 Å². The molecule has 3 rings (SSSR count). The second kappa shape index (κ2) is 7.28. The fraction of sp³-hybridized carbons (Fsp3) is 0.250. The van der Waals surface area contributed by atoms with Crippen molar-refractivity contribution in [3.63, 3.8) is 0 Å². The summed E-state index contributed by atoms with van der Waals surface area (Å²) in [6.07, 6.45) is 0.399. The van der Waals surface area contributed by atoms with Gasteiger partial charge >= 0.3 is 0 Å². The summed E-state index contributed by atoms with van der Waals surface area (Å²) in [5, 5.41) is 0. The highest BCUT2D eigenvalue weighted by atomic mass is 19.1. The first-order valence-corrected chi connectivity index (χ1v) is 8.49. The maximum absolute atomic E-state index is 14.0. The average molecular weight is 369 g/mol. The molecule has 3 amide bonds. The Labute approximate surface area is 156 Å². The molecule has 0 radical (unpaired) electrons. The monoisotopic (exact) mass is 369 g/mol. The summed E-state index contributed by atoms with van der Waals surface area (Å²) in [6, 6.07) is 10.7. The van der Waals surface area contributed by atoms with Gasteiger partial charge in [-0.2, -0.15) is 0 Å². The number of carbonyl (C=O) groups excluding carboxylic acids is 3. The molecule has 2 aromatic rings. The lowest BCUT2D eigenvalue weighted by atomic mass is 10.0. The third kappa shape index (κ3) is 3.59. The molecular weight excluding hydrogens is 349 g/mol. The predicted molar refractivity (Wildman–Crippen MR) is 97.9 cm³/mol. The van der Waals surface area contributed by atoms with Gasteiger partial charge in [0.1, 0.15) is 5.82 Å². The highest BCUT2D eigenvalue weighted by Gasteiger charge is 2.36. The number of fused-ring (bicyclic) bond motifs is 1. The normalized spacial score (nSPS) is 14.6. The molecule has 1 atom stereocenters. The lowest BCUT2D eigenvalue weighted by Crippen LogP contribution is -2.44. The van der Waals surface area contributed by atoms with Crippen molar-refractivity contribution < 1.29 is 18.8 Å². The summed E-state index contributed by atoms with van der Waals surface area (Å²) in [4.78, 5) is 39.4. The molecule has 2 N–H and O–H groups in total. The van der Waals surface area contributed by atoms with Crippen LogP contribution >= 0.6 is 0 Å². The Morgan fingerprint density at radius 2 is 1.70 bits per heavy atom. The molecule has 1 aliphatic rings. The van der Waals surface area contributed by atoms with E-state index < -0.39 is 11.7 Å². The van der Waals surface area contributed by atoms with Crippen LogP contribution in [0.1, 0.15) is 36.6 Å². The summed E-state index contributed by atoms with van der Waals surface area (Å²) in [6.45, 7) is 0.179. The van der Waals surface area contributed by atoms with E-state index in [1.165, 1.54) is 17.0 Å². The molecule has 0 saturated heterocycles. The number of carbonyl (C=O) groups is 3. The Bertz CT molecular complexity index is 891. The van der Waals surface area contributed by atoms with Crippen molar-refractivity contribution in [1.29, 1.82) is 0 Å². The van der Waals surface area contributed by atoms with Crippen LogP contribution < -0.4 is 5.73 Å². The highest BCUT2D eigenvalue weighted by molar-refractivity contribution is 6.21. The molecule has 7 heteroatoms. The SMILES string of the molecule is CN(C)C(Cc1ccc(C(N)=O)c(F)c1)CN1C(=O)c2ccccc2C1=O. The van der Waals surface area contributed by atoms with Gasteiger partial charge < -0.3 is 10.6 Å². The van der Waals surface area contributed by atoms with Crippen LogP contribution in [0.3, 0.4) is 0 Å². The van der Waals surface area contributed by atoms with E-state index in [1.807, 2.05) is 19.0 Å². The summed E-state index contributed by atoms with van der Waals surface area (Å²) >= 11 is 0. The molecule has 0 aliphatic carbocycles. The van der Waals surface area contributed by atoms with E-state index in [2.05, 4.69) is 0 Å². The maximum atomic E-state index is 14.0. The van der Waals surface area contributed by atoms with Crippen LogP contribution in [0.25, 0.3) is 0 Å². The lowest BCUT2D eigenvalue weighted by Gasteiger charge is -2.28. The van der Waals surface area contributed by atoms with Crippen molar-refractivity contribution in [3.8, 4) is 0 Å². The third-order valence-corrected chi connectivity index (χ3v) is 4.77. The fourth-order valence-corrected chi connectivity index (χ4v) is 3.18. The first-order valence-electron chi connectivity index (χ1n) is 8.49. The Morgan fingerprint density at radius 3 is 2.19 bits per heavy atom. The van der Waals surface area contributed by atoms with Gasteiger partial charge in [0.2, 0.25) is 0 Å². The standard InChI is InChI=1S/C20H20FN3O3/c1-23(2)13(9-12-7-8-16(18(22)25)17(21)10-12)11-24-19(26)14-5-3-4-6-15(14)20(24)27/h3-8,10,13H,9,11H2,1-2H3,(H2,22,25). The minimum atomic E-state index is -0.825. The quantitative estimate of drug-likeness (QED) is 0.786. The van der Waals surface area contributed by atoms with E-state index in [0.717, 1.165) is 0 Å². The average Bonchev–Trinajstić information content (AvgIpc) is 2.86. The smallest absolute Gasteiger partial charge is 0.261 e. The molecule has 1 unspecified atom stereocenters. The second-order valence-electron chi connectivity index (χ2n) is 6.77. The van der Waals surface area contributed by atoms with Gasteiger partial charge in [-0.05, 0) is 50.3 Å². The summed E-state index contributed by atoms with van der Waals surface area (Å²) in [7, 11) is 3.66. The molecule has 27 heavy (non-hydrogen) atoms. The number of likely N-dealkylation sites (N-methyl/N-ethyl adjacent to an activating group) is 1. The van der Waals surface area contributed by atoms with Crippen molar-refractivity contribution in [1.82, 2.24) is 9.80 Å². The molecule has 0 saturated carbocycles. The lowest BCUT2D eigenvalue weighted by molar-refractivity contribution is 0.0611. The van der Waals surface area contributed by atoms with Crippen molar-refractivity contribution in [2.45, 2.75) is 12.5 Å². The number of imide groups is 1. The van der Waals surface area contributed by atoms with Crippen molar-refractivity contribution in [3.05, 3.63) is 70.5 Å². The Kier molecular flexibility index (Phi) is 5.05. The van der Waals surface area contributed by atoms with Gasteiger partial charge in [-0.3, -0.25) is 19.3 Å². The van der Waals surface area contributed by atoms with Crippen molar-refractivity contribution >= 4 is 17.7 Å². The van der Waals surface area contributed by atoms with Gasteiger partial charge in [-0.25, -0.2) is 4.39 Å². The second-order valence-corrected chi connectivity index (χ2v) is 6.77. The number of hydrogen-bond acceptors (Lipinski definition) is 4. The van der Waals surface area contributed by atoms with Crippen LogP contribution in [0, 0.1) is 5.82 Å². The van der Waals surface area contributed by atoms with E-state index in [0.29, 0.717) is 23.1 Å². The number of nitrogens with two attached hydrogens (primary N) is 1. The Hall–Kier alpha value is -3.06. The molecule has 0 aromatic heterocycles. The number of halogens is 1. The zero-order valence-electron chi connectivity index (χ0n) is 15.1. The third-order valence-electron chi connectivity index (χ3n) is 4.77. The molecule has 0 spiro atoms. The van der Waals surface area contributed by atoms with Crippen LogP contribution in [-0.4, -0.2) is 54.2 Å². The molecule has 6 nitrogen and oxygen atoms in total. The van der Waals surface area contributed by atoms with E-state index in [9.17, 15) is 18.8 Å². The number of nitrogens with zero attached hydrogens (tertiary/aromatic N) is 2. The number of benzene rings is 2. The summed E-state index contributed by atoms with van der Waals surface area (Å²) in [5.74, 6) is -2.15.